The summed E-state index contributed by atoms with van der Waals surface area (Å²) in [4.78, 5) is 2.75. The van der Waals surface area contributed by atoms with Gasteiger partial charge in [-0.25, -0.2) is 0 Å². The van der Waals surface area contributed by atoms with E-state index in [4.69, 9.17) is 11.1 Å². The topological polar surface area (TPSA) is 111 Å². The lowest BCUT2D eigenvalue weighted by atomic mass is 10.2. The van der Waals surface area contributed by atoms with Gasteiger partial charge in [-0.2, -0.15) is 0 Å². The average Bonchev–Trinajstić information content (AvgIpc) is 2.51. The summed E-state index contributed by atoms with van der Waals surface area (Å²) in [5.74, 6) is -0.512. The molecule has 0 unspecified atom stereocenters. The Morgan fingerprint density at radius 3 is 2.82 bits per heavy atom. The van der Waals surface area contributed by atoms with E-state index in [1.54, 1.807) is 12.1 Å². The average molecular weight is 318 g/mol. The lowest BCUT2D eigenvalue weighted by molar-refractivity contribution is -0.00000475. The molecule has 0 saturated carbocycles. The van der Waals surface area contributed by atoms with Crippen LogP contribution in [0.25, 0.3) is 10.9 Å². The Balaban J connectivity index is 0.00000144. The zero-order chi connectivity index (χ0) is 11.7. The lowest BCUT2D eigenvalue weighted by Crippen LogP contribution is -3.00. The maximum Gasteiger partial charge on any atom is 0.232 e. The third-order valence-electron chi connectivity index (χ3n) is 1.97. The first-order chi connectivity index (χ1) is 7.58. The molecule has 0 atom stereocenters. The number of nitrogens with one attached hydrogen (secondary N) is 2. The number of benzene rings is 1. The smallest absolute Gasteiger partial charge is 0.232 e. The Morgan fingerprint density at radius 2 is 2.18 bits per heavy atom. The molecule has 0 bridgehead atoms. The van der Waals surface area contributed by atoms with E-state index in [-0.39, 0.29) is 24.0 Å². The summed E-state index contributed by atoms with van der Waals surface area (Å²) in [7, 11) is 0. The molecule has 0 amide bonds. The Labute approximate surface area is 111 Å². The summed E-state index contributed by atoms with van der Waals surface area (Å²) in [5, 5.41) is 24.3. The predicted octanol–water partition coefficient (Wildman–Crippen LogP) is -0.383. The van der Waals surface area contributed by atoms with Gasteiger partial charge in [-0.1, -0.05) is 15.9 Å². The number of hydrogen-bond acceptors (Lipinski definition) is 3. The number of nitrogens with zero attached hydrogens (tertiary/aromatic N) is 2. The zero-order valence-corrected chi connectivity index (χ0v) is 10.7. The number of fused-ring (bicyclic) bond motifs is 1. The quantitative estimate of drug-likeness (QED) is 0.326. The molecule has 8 heteroatoms. The maximum atomic E-state index is 9.60. The van der Waals surface area contributed by atoms with Crippen molar-refractivity contribution in [2.45, 2.75) is 0 Å². The fraction of sp³-hybridized carbons (Fsp3) is 0. The molecule has 2 rings (SSSR count). The third-order valence-corrected chi connectivity index (χ3v) is 2.47. The molecule has 2 aromatic rings. The minimum Gasteiger partial charge on any atom is -1.00 e. The van der Waals surface area contributed by atoms with Crippen LogP contribution in [0.3, 0.4) is 0 Å². The summed E-state index contributed by atoms with van der Waals surface area (Å²) in [6.07, 6.45) is 0. The number of aromatic hydroxyl groups is 1. The van der Waals surface area contributed by atoms with Gasteiger partial charge in [0, 0.05) is 9.86 Å². The molecule has 1 aromatic carbocycles. The number of hydrogen-bond donors (Lipinski definition) is 4. The van der Waals surface area contributed by atoms with Gasteiger partial charge in [0.2, 0.25) is 11.8 Å². The van der Waals surface area contributed by atoms with E-state index in [9.17, 15) is 5.11 Å². The van der Waals surface area contributed by atoms with Crippen LogP contribution in [0.15, 0.2) is 32.9 Å². The highest BCUT2D eigenvalue weighted by Crippen LogP contribution is 2.36. The molecule has 5 N–H and O–H groups in total. The zero-order valence-electron chi connectivity index (χ0n) is 8.41. The van der Waals surface area contributed by atoms with Crippen LogP contribution in [0.4, 0.5) is 5.69 Å². The van der Waals surface area contributed by atoms with Crippen molar-refractivity contribution in [1.29, 1.82) is 5.41 Å². The number of H-pyrrole nitrogens is 1. The van der Waals surface area contributed by atoms with Crippen molar-refractivity contribution < 1.29 is 17.5 Å². The highest BCUT2D eigenvalue weighted by Gasteiger charge is 2.10. The molecule has 6 nitrogen and oxygen atoms in total. The van der Waals surface area contributed by atoms with Crippen molar-refractivity contribution in [3.63, 3.8) is 0 Å². The summed E-state index contributed by atoms with van der Waals surface area (Å²) in [5.41, 5.74) is 6.06. The Hall–Kier alpha value is -1.60. The second-order valence-corrected chi connectivity index (χ2v) is 4.01. The SMILES string of the molecule is N=C(N)N=Nc1c(O)[nH]c2ccc(Br)cc12.[Cl-]. The Kier molecular flexibility index (Phi) is 4.08. The van der Waals surface area contributed by atoms with Crippen LogP contribution >= 0.6 is 15.9 Å². The first-order valence-electron chi connectivity index (χ1n) is 4.34. The van der Waals surface area contributed by atoms with Crippen LogP contribution in [0, 0.1) is 5.41 Å². The number of aromatic nitrogens is 1. The first kappa shape index (κ1) is 13.5. The van der Waals surface area contributed by atoms with E-state index in [0.717, 1.165) is 9.99 Å². The highest BCUT2D eigenvalue weighted by atomic mass is 79.9. The molecular weight excluding hydrogens is 309 g/mol. The molecule has 0 spiro atoms. The van der Waals surface area contributed by atoms with Crippen LogP contribution in [0.5, 0.6) is 5.88 Å². The van der Waals surface area contributed by atoms with Crippen molar-refractivity contribution in [2.24, 2.45) is 16.0 Å². The molecule has 0 aliphatic rings. The molecule has 90 valence electrons. The van der Waals surface area contributed by atoms with Crippen molar-refractivity contribution >= 4 is 38.5 Å². The molecule has 17 heavy (non-hydrogen) atoms. The van der Waals surface area contributed by atoms with E-state index >= 15 is 0 Å². The van der Waals surface area contributed by atoms with E-state index in [1.165, 1.54) is 0 Å². The van der Waals surface area contributed by atoms with E-state index in [1.807, 2.05) is 6.07 Å². The maximum absolute atomic E-state index is 9.60. The fourth-order valence-corrected chi connectivity index (χ4v) is 1.70. The molecule has 1 heterocycles. The van der Waals surface area contributed by atoms with Gasteiger partial charge in [-0.05, 0) is 18.2 Å². The number of rotatable bonds is 1. The van der Waals surface area contributed by atoms with Crippen LogP contribution < -0.4 is 18.1 Å². The highest BCUT2D eigenvalue weighted by molar-refractivity contribution is 9.10. The summed E-state index contributed by atoms with van der Waals surface area (Å²) < 4.78 is 0.860. The van der Waals surface area contributed by atoms with Crippen molar-refractivity contribution in [3.8, 4) is 5.88 Å². The van der Waals surface area contributed by atoms with Crippen molar-refractivity contribution in [2.75, 3.05) is 0 Å². The first-order valence-corrected chi connectivity index (χ1v) is 5.13. The fourth-order valence-electron chi connectivity index (χ4n) is 1.34. The van der Waals surface area contributed by atoms with Gasteiger partial charge in [0.05, 0.1) is 5.52 Å². The number of halogens is 2. The van der Waals surface area contributed by atoms with Gasteiger partial charge < -0.3 is 28.2 Å². The minimum absolute atomic E-state index is 0. The van der Waals surface area contributed by atoms with Crippen LogP contribution in [-0.2, 0) is 0 Å². The van der Waals surface area contributed by atoms with Gasteiger partial charge in [-0.15, -0.1) is 10.2 Å². The molecule has 0 radical (unpaired) electrons. The molecule has 0 fully saturated rings. The van der Waals surface area contributed by atoms with Gasteiger partial charge in [0.15, 0.2) is 5.69 Å². The second kappa shape index (κ2) is 5.15. The molecular formula is C9H8BrClN5O-. The largest absolute Gasteiger partial charge is 1.00 e. The van der Waals surface area contributed by atoms with Crippen molar-refractivity contribution in [3.05, 3.63) is 22.7 Å². The van der Waals surface area contributed by atoms with Gasteiger partial charge in [0.1, 0.15) is 0 Å². The van der Waals surface area contributed by atoms with E-state index in [2.05, 4.69) is 31.1 Å². The third kappa shape index (κ3) is 2.75. The predicted molar refractivity (Wildman–Crippen MR) is 64.1 cm³/mol. The van der Waals surface area contributed by atoms with Crippen LogP contribution in [0.2, 0.25) is 0 Å². The van der Waals surface area contributed by atoms with Crippen molar-refractivity contribution in [1.82, 2.24) is 4.98 Å². The van der Waals surface area contributed by atoms with Crippen LogP contribution in [0.1, 0.15) is 0 Å². The van der Waals surface area contributed by atoms with E-state index in [0.29, 0.717) is 5.39 Å². The molecule has 0 aliphatic heterocycles. The summed E-state index contributed by atoms with van der Waals surface area (Å²) in [6, 6.07) is 5.43. The standard InChI is InChI=1S/C9H8BrN5O.ClH/c10-4-1-2-6-5(3-4)7(8(16)13-6)14-15-9(11)12;/h1-3,13,16H,(H3,11,12);1H/p-1. The molecule has 0 aliphatic carbocycles. The monoisotopic (exact) mass is 316 g/mol. The normalized spacial score (nSPS) is 10.6. The minimum atomic E-state index is -0.413. The second-order valence-electron chi connectivity index (χ2n) is 3.10. The van der Waals surface area contributed by atoms with Gasteiger partial charge in [0.25, 0.3) is 0 Å². The molecule has 1 aromatic heterocycles. The summed E-state index contributed by atoms with van der Waals surface area (Å²) in [6.45, 7) is 0. The van der Waals surface area contributed by atoms with E-state index < -0.39 is 5.96 Å². The van der Waals surface area contributed by atoms with Crippen LogP contribution in [-0.4, -0.2) is 16.1 Å². The molecule has 0 saturated heterocycles. The number of azo groups is 1. The number of nitrogens with two attached hydrogens (primary N) is 1. The Bertz CT molecular complexity index is 594. The van der Waals surface area contributed by atoms with Gasteiger partial charge in [-0.3, -0.25) is 5.41 Å². The Morgan fingerprint density at radius 1 is 1.47 bits per heavy atom. The van der Waals surface area contributed by atoms with Gasteiger partial charge >= 0.3 is 0 Å². The lowest BCUT2D eigenvalue weighted by Gasteiger charge is -1.92. The number of aromatic amines is 1. The summed E-state index contributed by atoms with van der Waals surface area (Å²) >= 11 is 3.32. The number of guanidine groups is 1.